The highest BCUT2D eigenvalue weighted by atomic mass is 127. The monoisotopic (exact) mass is 379 g/mol. The highest BCUT2D eigenvalue weighted by Gasteiger charge is 2.12. The molecule has 3 nitrogen and oxygen atoms in total. The second-order valence-electron chi connectivity index (χ2n) is 2.71. The van der Waals surface area contributed by atoms with Gasteiger partial charge in [-0.3, -0.25) is 4.79 Å². The van der Waals surface area contributed by atoms with Gasteiger partial charge in [0.2, 0.25) is 0 Å². The van der Waals surface area contributed by atoms with Crippen LogP contribution in [0.2, 0.25) is 0 Å². The smallest absolute Gasteiger partial charge is 0.173 e. The molecule has 0 aliphatic carbocycles. The maximum absolute atomic E-state index is 11.4. The molecule has 0 aliphatic rings. The molecule has 0 bridgehead atoms. The highest BCUT2D eigenvalue weighted by molar-refractivity contribution is 14.1. The van der Waals surface area contributed by atoms with Crippen molar-refractivity contribution in [2.75, 3.05) is 12.4 Å². The number of carbonyl (C=O) groups excluding carboxylic acids is 1. The quantitative estimate of drug-likeness (QED) is 0.461. The topological polar surface area (TPSA) is 50.1 Å². The highest BCUT2D eigenvalue weighted by Crippen LogP contribution is 2.26. The van der Waals surface area contributed by atoms with Gasteiger partial charge in [-0.1, -0.05) is 15.9 Å². The zero-order valence-electron chi connectivity index (χ0n) is 7.88. The maximum atomic E-state index is 11.4. The van der Waals surface area contributed by atoms with Crippen LogP contribution >= 0.6 is 38.5 Å². The summed E-state index contributed by atoms with van der Waals surface area (Å²) in [5, 5.41) is 9.12. The number of ether oxygens (including phenoxy) is 1. The largest absolute Gasteiger partial charge is 0.496 e. The molecule has 0 spiro atoms. The molecule has 1 aromatic carbocycles. The number of alkyl halides is 1. The number of halogens is 2. The SMILES string of the molecule is COc1cc(C(=O)CBr)cc(C#N)c1I. The van der Waals surface area contributed by atoms with Gasteiger partial charge in [-0.05, 0) is 34.7 Å². The number of Topliss-reactive ketones (excluding diaryl/α,β-unsaturated/α-hetero) is 1. The number of nitriles is 1. The zero-order chi connectivity index (χ0) is 11.4. The normalized spacial score (nSPS) is 9.47. The van der Waals surface area contributed by atoms with Crippen molar-refractivity contribution in [3.8, 4) is 11.8 Å². The van der Waals surface area contributed by atoms with Crippen molar-refractivity contribution in [2.24, 2.45) is 0 Å². The molecule has 78 valence electrons. The van der Waals surface area contributed by atoms with Crippen LogP contribution in [0.5, 0.6) is 5.75 Å². The van der Waals surface area contributed by atoms with Crippen molar-refractivity contribution in [1.29, 1.82) is 5.26 Å². The Hall–Kier alpha value is -0.610. The lowest BCUT2D eigenvalue weighted by molar-refractivity contribution is 0.102. The Bertz CT molecular complexity index is 440. The summed E-state index contributed by atoms with van der Waals surface area (Å²) in [6.07, 6.45) is 0. The lowest BCUT2D eigenvalue weighted by Gasteiger charge is -2.07. The third-order valence-corrected chi connectivity index (χ3v) is 3.44. The standard InChI is InChI=1S/C10H7BrINO2/c1-15-9-3-6(8(14)4-11)2-7(5-13)10(9)12/h2-3H,4H2,1H3. The number of methoxy groups -OCH3 is 1. The summed E-state index contributed by atoms with van der Waals surface area (Å²) in [4.78, 5) is 11.4. The first kappa shape index (κ1) is 12.5. The number of nitrogens with zero attached hydrogens (tertiary/aromatic N) is 1. The maximum Gasteiger partial charge on any atom is 0.173 e. The average molecular weight is 380 g/mol. The summed E-state index contributed by atoms with van der Waals surface area (Å²) >= 11 is 5.11. The Kier molecular flexibility index (Phi) is 4.54. The molecule has 0 aliphatic heterocycles. The van der Waals surface area contributed by atoms with Gasteiger partial charge in [0.05, 0.1) is 21.6 Å². The molecular formula is C10H7BrINO2. The zero-order valence-corrected chi connectivity index (χ0v) is 11.6. The van der Waals surface area contributed by atoms with Crippen molar-refractivity contribution in [3.05, 3.63) is 26.8 Å². The van der Waals surface area contributed by atoms with E-state index in [-0.39, 0.29) is 11.1 Å². The Balaban J connectivity index is 3.34. The number of ketones is 1. The van der Waals surface area contributed by atoms with E-state index >= 15 is 0 Å². The van der Waals surface area contributed by atoms with Crippen molar-refractivity contribution in [1.82, 2.24) is 0 Å². The third kappa shape index (κ3) is 2.69. The first-order valence-electron chi connectivity index (χ1n) is 4.00. The number of benzene rings is 1. The predicted molar refractivity (Wildman–Crippen MR) is 68.6 cm³/mol. The summed E-state index contributed by atoms with van der Waals surface area (Å²) in [6.45, 7) is 0. The number of hydrogen-bond acceptors (Lipinski definition) is 3. The van der Waals surface area contributed by atoms with Gasteiger partial charge in [0.15, 0.2) is 5.78 Å². The number of carbonyl (C=O) groups is 1. The summed E-state index contributed by atoms with van der Waals surface area (Å²) in [5.74, 6) is 0.486. The minimum absolute atomic E-state index is 0.0683. The van der Waals surface area contributed by atoms with Gasteiger partial charge in [0, 0.05) is 5.56 Å². The van der Waals surface area contributed by atoms with Crippen molar-refractivity contribution in [2.45, 2.75) is 0 Å². The third-order valence-electron chi connectivity index (χ3n) is 1.82. The molecule has 0 saturated heterocycles. The van der Waals surface area contributed by atoms with Crippen LogP contribution in [0.4, 0.5) is 0 Å². The Morgan fingerprint density at radius 2 is 2.33 bits per heavy atom. The molecule has 5 heteroatoms. The molecule has 0 amide bonds. The summed E-state index contributed by atoms with van der Waals surface area (Å²) < 4.78 is 5.82. The molecule has 0 aromatic heterocycles. The van der Waals surface area contributed by atoms with Gasteiger partial charge in [-0.15, -0.1) is 0 Å². The second kappa shape index (κ2) is 5.47. The van der Waals surface area contributed by atoms with Gasteiger partial charge in [0.25, 0.3) is 0 Å². The van der Waals surface area contributed by atoms with Crippen LogP contribution < -0.4 is 4.74 Å². The molecule has 15 heavy (non-hydrogen) atoms. The van der Waals surface area contributed by atoms with Crippen LogP contribution in [0.1, 0.15) is 15.9 Å². The fourth-order valence-corrected chi connectivity index (χ4v) is 2.04. The molecule has 0 fully saturated rings. The molecule has 0 heterocycles. The van der Waals surface area contributed by atoms with Crippen molar-refractivity contribution < 1.29 is 9.53 Å². The van der Waals surface area contributed by atoms with Gasteiger partial charge in [0.1, 0.15) is 11.8 Å². The fourth-order valence-electron chi connectivity index (χ4n) is 1.07. The lowest BCUT2D eigenvalue weighted by Crippen LogP contribution is -2.02. The first-order valence-corrected chi connectivity index (χ1v) is 6.20. The van der Waals surface area contributed by atoms with Gasteiger partial charge in [-0.25, -0.2) is 0 Å². The fraction of sp³-hybridized carbons (Fsp3) is 0.200. The predicted octanol–water partition coefficient (Wildman–Crippen LogP) is 2.75. The van der Waals surface area contributed by atoms with E-state index in [1.165, 1.54) is 7.11 Å². The number of hydrogen-bond donors (Lipinski definition) is 0. The first-order chi connectivity index (χ1) is 7.13. The van der Waals surface area contributed by atoms with E-state index < -0.39 is 0 Å². The van der Waals surface area contributed by atoms with Crippen LogP contribution in [-0.2, 0) is 0 Å². The van der Waals surface area contributed by atoms with Crippen LogP contribution in [0.3, 0.4) is 0 Å². The summed E-state index contributed by atoms with van der Waals surface area (Å²) in [6, 6.07) is 5.26. The molecule has 0 N–H and O–H groups in total. The van der Waals surface area contributed by atoms with Crippen LogP contribution in [0, 0.1) is 14.9 Å². The molecule has 1 aromatic rings. The second-order valence-corrected chi connectivity index (χ2v) is 4.35. The van der Waals surface area contributed by atoms with Crippen LogP contribution in [0.25, 0.3) is 0 Å². The van der Waals surface area contributed by atoms with E-state index in [2.05, 4.69) is 15.9 Å². The van der Waals surface area contributed by atoms with Gasteiger partial charge < -0.3 is 4.74 Å². The van der Waals surface area contributed by atoms with E-state index in [9.17, 15) is 4.79 Å². The minimum Gasteiger partial charge on any atom is -0.496 e. The average Bonchev–Trinajstić information content (AvgIpc) is 2.28. The molecule has 1 rings (SSSR count). The minimum atomic E-state index is -0.0683. The van der Waals surface area contributed by atoms with E-state index in [0.29, 0.717) is 16.9 Å². The van der Waals surface area contributed by atoms with E-state index in [1.54, 1.807) is 12.1 Å². The van der Waals surface area contributed by atoms with Gasteiger partial charge >= 0.3 is 0 Å². The van der Waals surface area contributed by atoms with E-state index in [0.717, 1.165) is 3.57 Å². The van der Waals surface area contributed by atoms with Crippen molar-refractivity contribution >= 4 is 44.3 Å². The Morgan fingerprint density at radius 3 is 2.80 bits per heavy atom. The molecule has 0 unspecified atom stereocenters. The Morgan fingerprint density at radius 1 is 1.67 bits per heavy atom. The van der Waals surface area contributed by atoms with Gasteiger partial charge in [-0.2, -0.15) is 5.26 Å². The molecular weight excluding hydrogens is 373 g/mol. The van der Waals surface area contributed by atoms with E-state index in [1.807, 2.05) is 28.7 Å². The van der Waals surface area contributed by atoms with Crippen LogP contribution in [0.15, 0.2) is 12.1 Å². The molecule has 0 radical (unpaired) electrons. The van der Waals surface area contributed by atoms with Crippen molar-refractivity contribution in [3.63, 3.8) is 0 Å². The Labute approximate surface area is 110 Å². The lowest BCUT2D eigenvalue weighted by atomic mass is 10.1. The number of rotatable bonds is 3. The summed E-state index contributed by atoms with van der Waals surface area (Å²) in [7, 11) is 1.51. The molecule has 0 atom stereocenters. The van der Waals surface area contributed by atoms with E-state index in [4.69, 9.17) is 10.00 Å². The van der Waals surface area contributed by atoms with Crippen LogP contribution in [-0.4, -0.2) is 18.2 Å². The molecule has 0 saturated carbocycles. The summed E-state index contributed by atoms with van der Waals surface area (Å²) in [5.41, 5.74) is 0.944.